The number of benzene rings is 1. The molecular formula is C26H33N3O12S. The minimum atomic E-state index is -3.98. The third-order valence-electron chi connectivity index (χ3n) is 6.17. The molecule has 230 valence electrons. The van der Waals surface area contributed by atoms with Gasteiger partial charge in [-0.15, -0.1) is 0 Å². The van der Waals surface area contributed by atoms with Crippen molar-refractivity contribution in [3.05, 3.63) is 24.4 Å². The maximum atomic E-state index is 13.1. The molecule has 1 aromatic carbocycles. The number of fused-ring (bicyclic) bond motifs is 1. The number of aromatic nitrogens is 1. The van der Waals surface area contributed by atoms with E-state index in [9.17, 15) is 32.4 Å². The van der Waals surface area contributed by atoms with E-state index in [1.807, 2.05) is 0 Å². The maximum absolute atomic E-state index is 13.1. The second-order valence-corrected chi connectivity index (χ2v) is 11.8. The van der Waals surface area contributed by atoms with E-state index in [-0.39, 0.29) is 16.0 Å². The Balaban J connectivity index is 2.13. The van der Waals surface area contributed by atoms with Crippen LogP contribution in [-0.4, -0.2) is 98.4 Å². The van der Waals surface area contributed by atoms with Crippen molar-refractivity contribution in [2.75, 3.05) is 26.0 Å². The van der Waals surface area contributed by atoms with Crippen LogP contribution >= 0.6 is 0 Å². The Labute approximate surface area is 242 Å². The molecular weight excluding hydrogens is 578 g/mol. The molecule has 1 saturated heterocycles. The Morgan fingerprint density at radius 2 is 1.45 bits per heavy atom. The van der Waals surface area contributed by atoms with Crippen molar-refractivity contribution >= 4 is 56.4 Å². The zero-order valence-electron chi connectivity index (χ0n) is 24.1. The van der Waals surface area contributed by atoms with Crippen LogP contribution in [-0.2, 0) is 52.9 Å². The number of nitrogens with one attached hydrogen (secondary N) is 1. The van der Waals surface area contributed by atoms with Gasteiger partial charge in [0.25, 0.3) is 0 Å². The van der Waals surface area contributed by atoms with Gasteiger partial charge in [0.2, 0.25) is 15.9 Å². The highest BCUT2D eigenvalue weighted by atomic mass is 32.2. The topological polar surface area (TPSA) is 186 Å². The van der Waals surface area contributed by atoms with Crippen LogP contribution in [0.4, 0.5) is 5.69 Å². The largest absolute Gasteiger partial charge is 0.463 e. The first kappa shape index (κ1) is 32.5. The van der Waals surface area contributed by atoms with Crippen LogP contribution in [0.15, 0.2) is 29.3 Å². The molecule has 0 aliphatic carbocycles. The van der Waals surface area contributed by atoms with E-state index in [1.165, 1.54) is 50.0 Å². The molecule has 15 nitrogen and oxygen atoms in total. The number of ether oxygens (including phenoxy) is 5. The Morgan fingerprint density at radius 1 is 0.881 bits per heavy atom. The van der Waals surface area contributed by atoms with Gasteiger partial charge in [0.05, 0.1) is 5.52 Å². The molecule has 1 aromatic heterocycles. The van der Waals surface area contributed by atoms with Crippen LogP contribution in [0.1, 0.15) is 39.4 Å². The predicted molar refractivity (Wildman–Crippen MR) is 145 cm³/mol. The zero-order valence-corrected chi connectivity index (χ0v) is 24.9. The lowest BCUT2D eigenvalue weighted by Gasteiger charge is -2.44. The van der Waals surface area contributed by atoms with Gasteiger partial charge in [-0.1, -0.05) is 0 Å². The molecule has 0 spiro atoms. The van der Waals surface area contributed by atoms with Gasteiger partial charge in [0.1, 0.15) is 17.6 Å². The molecule has 2 aromatic rings. The van der Waals surface area contributed by atoms with Crippen LogP contribution in [0.25, 0.3) is 10.9 Å². The number of anilines is 1. The first-order valence-corrected chi connectivity index (χ1v) is 14.1. The number of carbonyl (C=O) groups is 5. The third kappa shape index (κ3) is 7.24. The summed E-state index contributed by atoms with van der Waals surface area (Å²) in [5.74, 6) is -3.41. The molecule has 0 radical (unpaired) electrons. The van der Waals surface area contributed by atoms with Crippen molar-refractivity contribution in [3.8, 4) is 0 Å². The summed E-state index contributed by atoms with van der Waals surface area (Å²) in [6.45, 7) is 5.36. The lowest BCUT2D eigenvalue weighted by molar-refractivity contribution is -0.247. The van der Waals surface area contributed by atoms with E-state index in [2.05, 4.69) is 5.32 Å². The van der Waals surface area contributed by atoms with Crippen molar-refractivity contribution in [1.82, 2.24) is 8.87 Å². The summed E-state index contributed by atoms with van der Waals surface area (Å²) in [4.78, 5) is 59.8. The predicted octanol–water partition coefficient (Wildman–Crippen LogP) is 1.05. The third-order valence-corrected chi connectivity index (χ3v) is 8.01. The fraction of sp³-hybridized carbons (Fsp3) is 0.500. The summed E-state index contributed by atoms with van der Waals surface area (Å²) in [7, 11) is -1.27. The smallest absolute Gasteiger partial charge is 0.303 e. The molecule has 16 heteroatoms. The molecule has 1 fully saturated rings. The fourth-order valence-electron chi connectivity index (χ4n) is 4.46. The lowest BCUT2D eigenvalue weighted by atomic mass is 9.97. The molecule has 1 aliphatic rings. The lowest BCUT2D eigenvalue weighted by Crippen LogP contribution is -2.64. The van der Waals surface area contributed by atoms with Crippen LogP contribution < -0.4 is 5.32 Å². The number of carbonyl (C=O) groups excluding carboxylic acids is 5. The number of hydrogen-bond acceptors (Lipinski definition) is 13. The highest BCUT2D eigenvalue weighted by molar-refractivity contribution is 7.89. The van der Waals surface area contributed by atoms with E-state index in [0.717, 1.165) is 32.0 Å². The number of sulfonamides is 1. The molecule has 3 rings (SSSR count). The summed E-state index contributed by atoms with van der Waals surface area (Å²) < 4.78 is 55.7. The number of hydrogen-bond donors (Lipinski definition) is 1. The molecule has 1 aliphatic heterocycles. The van der Waals surface area contributed by atoms with Gasteiger partial charge in [-0.2, -0.15) is 0 Å². The average molecular weight is 612 g/mol. The number of esters is 4. The highest BCUT2D eigenvalue weighted by Crippen LogP contribution is 2.33. The van der Waals surface area contributed by atoms with Crippen molar-refractivity contribution in [3.63, 3.8) is 0 Å². The van der Waals surface area contributed by atoms with Gasteiger partial charge in [-0.25, -0.2) is 12.7 Å². The quantitative estimate of drug-likeness (QED) is 0.313. The second kappa shape index (κ2) is 12.9. The van der Waals surface area contributed by atoms with Crippen molar-refractivity contribution in [1.29, 1.82) is 0 Å². The van der Waals surface area contributed by atoms with E-state index >= 15 is 0 Å². The van der Waals surface area contributed by atoms with E-state index in [1.54, 1.807) is 0 Å². The van der Waals surface area contributed by atoms with Gasteiger partial charge in [0.15, 0.2) is 24.5 Å². The standard InChI is InChI=1S/C26H33N3O12S/c1-13(30)29-11-22(42(35,36)28(6)7)19-10-18(8-9-20(19)29)27-26-25(40-17(5)34)24(39-16(4)33)23(38-15(3)32)21(41-26)12-37-14(2)31/h8-11,21,23-27H,12H2,1-7H3/t21-,23-,24+,25-,26+/m1/s1. The summed E-state index contributed by atoms with van der Waals surface area (Å²) >= 11 is 0. The molecule has 1 N–H and O–H groups in total. The zero-order chi connectivity index (χ0) is 31.5. The SMILES string of the molecule is CC(=O)OC[C@H]1O[C@H](Nc2ccc3c(c2)c(S(=O)(=O)N(C)C)cn3C(C)=O)[C@H](OC(C)=O)[C@@H](OC(C)=O)[C@@H]1OC(C)=O. The van der Waals surface area contributed by atoms with Crippen molar-refractivity contribution in [2.45, 2.75) is 70.2 Å². The minimum Gasteiger partial charge on any atom is -0.463 e. The van der Waals surface area contributed by atoms with Gasteiger partial charge in [0, 0.05) is 66.0 Å². The van der Waals surface area contributed by atoms with Gasteiger partial charge in [-0.3, -0.25) is 28.5 Å². The van der Waals surface area contributed by atoms with Crippen LogP contribution in [0.2, 0.25) is 0 Å². The number of rotatable bonds is 9. The van der Waals surface area contributed by atoms with Crippen molar-refractivity contribution in [2.24, 2.45) is 0 Å². The Hall–Kier alpha value is -4.02. The molecule has 42 heavy (non-hydrogen) atoms. The Kier molecular flexibility index (Phi) is 9.96. The Morgan fingerprint density at radius 3 is 1.98 bits per heavy atom. The molecule has 0 saturated carbocycles. The summed E-state index contributed by atoms with van der Waals surface area (Å²) in [6, 6.07) is 4.50. The summed E-state index contributed by atoms with van der Waals surface area (Å²) in [5, 5.41) is 3.20. The monoisotopic (exact) mass is 611 g/mol. The maximum Gasteiger partial charge on any atom is 0.303 e. The van der Waals surface area contributed by atoms with E-state index in [4.69, 9.17) is 23.7 Å². The normalized spacial score (nSPS) is 22.3. The molecule has 2 heterocycles. The van der Waals surface area contributed by atoms with Crippen LogP contribution in [0, 0.1) is 0 Å². The highest BCUT2D eigenvalue weighted by Gasteiger charge is 2.52. The molecule has 0 unspecified atom stereocenters. The molecule has 0 bridgehead atoms. The summed E-state index contributed by atoms with van der Waals surface area (Å²) in [6.07, 6.45) is -5.36. The van der Waals surface area contributed by atoms with Crippen LogP contribution in [0.3, 0.4) is 0 Å². The first-order valence-electron chi connectivity index (χ1n) is 12.7. The van der Waals surface area contributed by atoms with Crippen molar-refractivity contribution < 1.29 is 56.1 Å². The second-order valence-electron chi connectivity index (χ2n) is 9.67. The number of nitrogens with zero attached hydrogens (tertiary/aromatic N) is 2. The Bertz CT molecular complexity index is 1500. The van der Waals surface area contributed by atoms with Gasteiger partial charge in [-0.05, 0) is 18.2 Å². The van der Waals surface area contributed by atoms with Gasteiger partial charge < -0.3 is 29.0 Å². The summed E-state index contributed by atoms with van der Waals surface area (Å²) in [5.41, 5.74) is 0.579. The van der Waals surface area contributed by atoms with Gasteiger partial charge >= 0.3 is 23.9 Å². The van der Waals surface area contributed by atoms with Crippen LogP contribution in [0.5, 0.6) is 0 Å². The fourth-order valence-corrected chi connectivity index (χ4v) is 5.53. The molecule has 0 amide bonds. The minimum absolute atomic E-state index is 0.136. The average Bonchev–Trinajstić information content (AvgIpc) is 3.25. The first-order chi connectivity index (χ1) is 19.5. The van der Waals surface area contributed by atoms with E-state index in [0.29, 0.717) is 5.52 Å². The molecule has 5 atom stereocenters. The van der Waals surface area contributed by atoms with E-state index < -0.39 is 77.1 Å².